The Morgan fingerprint density at radius 2 is 1.83 bits per heavy atom. The van der Waals surface area contributed by atoms with Crippen LogP contribution in [0.4, 0.5) is 0 Å². The second-order valence-electron chi connectivity index (χ2n) is 5.86. The van der Waals surface area contributed by atoms with Gasteiger partial charge in [0.05, 0.1) is 6.04 Å². The number of ketones is 1. The Morgan fingerprint density at radius 3 is 2.43 bits per heavy atom. The first-order valence-corrected chi connectivity index (χ1v) is 9.37. The maximum atomic E-state index is 13.0. The maximum absolute atomic E-state index is 13.0. The third-order valence-corrected chi connectivity index (χ3v) is 6.59. The maximum Gasteiger partial charge on any atom is 0.186 e. The highest BCUT2D eigenvalue weighted by Crippen LogP contribution is 2.45. The van der Waals surface area contributed by atoms with Crippen molar-refractivity contribution in [3.63, 3.8) is 0 Å². The fourth-order valence-corrected chi connectivity index (χ4v) is 4.88. The van der Waals surface area contributed by atoms with Gasteiger partial charge in [0.2, 0.25) is 0 Å². The third kappa shape index (κ3) is 2.40. The molecule has 3 rings (SSSR count). The van der Waals surface area contributed by atoms with Crippen molar-refractivity contribution < 1.29 is 13.2 Å². The van der Waals surface area contributed by atoms with Gasteiger partial charge in [-0.3, -0.25) is 4.79 Å². The number of hydrogen-bond acceptors (Lipinski definition) is 4. The number of fused-ring (bicyclic) bond motifs is 1. The van der Waals surface area contributed by atoms with Crippen LogP contribution in [-0.4, -0.2) is 25.2 Å². The normalized spacial score (nSPS) is 23.8. The summed E-state index contributed by atoms with van der Waals surface area (Å²) in [7, 11) is -3.76. The summed E-state index contributed by atoms with van der Waals surface area (Å²) in [5, 5.41) is 0.427. The molecule has 2 aromatic carbocycles. The van der Waals surface area contributed by atoms with Crippen LogP contribution >= 0.6 is 11.6 Å². The van der Waals surface area contributed by atoms with Crippen molar-refractivity contribution in [3.05, 3.63) is 70.2 Å². The molecule has 0 heterocycles. The lowest BCUT2D eigenvalue weighted by Crippen LogP contribution is -2.51. The SMILES string of the molecule is CS(=O)(=O)C1(Cc2ccccc2)C(=O)c2ccc(Cl)cc2C1N. The largest absolute Gasteiger partial charge is 0.322 e. The Morgan fingerprint density at radius 1 is 1.17 bits per heavy atom. The van der Waals surface area contributed by atoms with Crippen LogP contribution in [0.25, 0.3) is 0 Å². The molecule has 2 N–H and O–H groups in total. The van der Waals surface area contributed by atoms with Crippen LogP contribution in [0.5, 0.6) is 0 Å². The quantitative estimate of drug-likeness (QED) is 0.923. The number of benzene rings is 2. The summed E-state index contributed by atoms with van der Waals surface area (Å²) >= 11 is 5.99. The minimum Gasteiger partial charge on any atom is -0.322 e. The van der Waals surface area contributed by atoms with E-state index in [2.05, 4.69) is 0 Å². The first-order valence-electron chi connectivity index (χ1n) is 7.11. The van der Waals surface area contributed by atoms with Gasteiger partial charge in [0.15, 0.2) is 20.4 Å². The van der Waals surface area contributed by atoms with E-state index in [1.54, 1.807) is 42.5 Å². The summed E-state index contributed by atoms with van der Waals surface area (Å²) in [4.78, 5) is 13.0. The fourth-order valence-electron chi connectivity index (χ4n) is 3.24. The first kappa shape index (κ1) is 16.2. The van der Waals surface area contributed by atoms with Crippen molar-refractivity contribution in [2.45, 2.75) is 17.2 Å². The van der Waals surface area contributed by atoms with Gasteiger partial charge >= 0.3 is 0 Å². The predicted octanol–water partition coefficient (Wildman–Crippen LogP) is 2.56. The number of hydrogen-bond donors (Lipinski definition) is 1. The highest BCUT2D eigenvalue weighted by Gasteiger charge is 2.58. The van der Waals surface area contributed by atoms with E-state index in [1.165, 1.54) is 0 Å². The lowest BCUT2D eigenvalue weighted by molar-refractivity contribution is 0.0942. The lowest BCUT2D eigenvalue weighted by atomic mass is 9.91. The van der Waals surface area contributed by atoms with Crippen molar-refractivity contribution in [2.24, 2.45) is 5.73 Å². The molecular formula is C17H16ClNO3S. The van der Waals surface area contributed by atoms with Gasteiger partial charge in [0.1, 0.15) is 0 Å². The molecule has 0 bridgehead atoms. The molecule has 0 saturated carbocycles. The van der Waals surface area contributed by atoms with Gasteiger partial charge in [-0.1, -0.05) is 41.9 Å². The summed E-state index contributed by atoms with van der Waals surface area (Å²) < 4.78 is 23.5. The highest BCUT2D eigenvalue weighted by atomic mass is 35.5. The van der Waals surface area contributed by atoms with Gasteiger partial charge in [-0.2, -0.15) is 0 Å². The van der Waals surface area contributed by atoms with Gasteiger partial charge < -0.3 is 5.73 Å². The molecule has 0 amide bonds. The Kier molecular flexibility index (Phi) is 3.83. The number of Topliss-reactive ketones (excluding diaryl/α,β-unsaturated/α-hetero) is 1. The second-order valence-corrected chi connectivity index (χ2v) is 8.57. The van der Waals surface area contributed by atoms with E-state index in [0.29, 0.717) is 16.1 Å². The molecule has 1 aliphatic carbocycles. The van der Waals surface area contributed by atoms with E-state index in [-0.39, 0.29) is 6.42 Å². The average Bonchev–Trinajstić information content (AvgIpc) is 2.70. The van der Waals surface area contributed by atoms with Crippen LogP contribution in [0.2, 0.25) is 5.02 Å². The van der Waals surface area contributed by atoms with Crippen molar-refractivity contribution in [2.75, 3.05) is 6.26 Å². The lowest BCUT2D eigenvalue weighted by Gasteiger charge is -2.30. The number of nitrogens with two attached hydrogens (primary N) is 1. The average molecular weight is 350 g/mol. The first-order chi connectivity index (χ1) is 10.8. The smallest absolute Gasteiger partial charge is 0.186 e. The van der Waals surface area contributed by atoms with E-state index in [4.69, 9.17) is 17.3 Å². The molecule has 120 valence electrons. The molecule has 2 atom stereocenters. The molecule has 0 radical (unpaired) electrons. The molecule has 6 heteroatoms. The topological polar surface area (TPSA) is 77.2 Å². The number of sulfone groups is 1. The van der Waals surface area contributed by atoms with E-state index < -0.39 is 26.4 Å². The molecule has 0 fully saturated rings. The van der Waals surface area contributed by atoms with Crippen LogP contribution in [0, 0.1) is 0 Å². The van der Waals surface area contributed by atoms with Crippen LogP contribution in [-0.2, 0) is 16.3 Å². The van der Waals surface area contributed by atoms with E-state index in [9.17, 15) is 13.2 Å². The van der Waals surface area contributed by atoms with E-state index in [1.807, 2.05) is 6.07 Å². The fraction of sp³-hybridized carbons (Fsp3) is 0.235. The van der Waals surface area contributed by atoms with E-state index in [0.717, 1.165) is 11.8 Å². The Bertz CT molecular complexity index is 880. The van der Waals surface area contributed by atoms with Gasteiger partial charge in [0.25, 0.3) is 0 Å². The summed E-state index contributed by atoms with van der Waals surface area (Å²) in [6, 6.07) is 12.8. The molecule has 2 unspecified atom stereocenters. The Balaban J connectivity index is 2.21. The molecule has 0 aliphatic heterocycles. The molecule has 1 aliphatic rings. The number of carbonyl (C=O) groups excluding carboxylic acids is 1. The summed E-state index contributed by atoms with van der Waals surface area (Å²) in [6.45, 7) is 0. The van der Waals surface area contributed by atoms with Gasteiger partial charge in [-0.05, 0) is 29.3 Å². The summed E-state index contributed by atoms with van der Waals surface area (Å²) in [6.07, 6.45) is 1.11. The minimum absolute atomic E-state index is 0.0406. The van der Waals surface area contributed by atoms with Gasteiger partial charge in [0, 0.05) is 23.3 Å². The zero-order valence-electron chi connectivity index (χ0n) is 12.5. The highest BCUT2D eigenvalue weighted by molar-refractivity contribution is 7.93. The zero-order chi connectivity index (χ0) is 16.8. The van der Waals surface area contributed by atoms with E-state index >= 15 is 0 Å². The van der Waals surface area contributed by atoms with Gasteiger partial charge in [-0.25, -0.2) is 8.42 Å². The molecule has 4 nitrogen and oxygen atoms in total. The van der Waals surface area contributed by atoms with Crippen molar-refractivity contribution in [1.82, 2.24) is 0 Å². The zero-order valence-corrected chi connectivity index (χ0v) is 14.1. The Hall–Kier alpha value is -1.69. The van der Waals surface area contributed by atoms with Crippen LogP contribution in [0.3, 0.4) is 0 Å². The second kappa shape index (κ2) is 5.44. The Labute approximate surface area is 140 Å². The molecule has 0 aromatic heterocycles. The van der Waals surface area contributed by atoms with Crippen LogP contribution in [0.15, 0.2) is 48.5 Å². The summed E-state index contributed by atoms with van der Waals surface area (Å²) in [5.41, 5.74) is 7.84. The number of halogens is 1. The number of carbonyl (C=O) groups is 1. The molecule has 0 saturated heterocycles. The predicted molar refractivity (Wildman–Crippen MR) is 90.4 cm³/mol. The standard InChI is InChI=1S/C17H16ClNO3S/c1-23(21,22)17(10-11-5-3-2-4-6-11)15(19)14-9-12(18)7-8-13(14)16(17)20/h2-9,15H,10,19H2,1H3. The van der Waals surface area contributed by atoms with Crippen molar-refractivity contribution in [3.8, 4) is 0 Å². The monoisotopic (exact) mass is 349 g/mol. The molecule has 23 heavy (non-hydrogen) atoms. The van der Waals surface area contributed by atoms with Crippen molar-refractivity contribution in [1.29, 1.82) is 0 Å². The molecule has 2 aromatic rings. The van der Waals surface area contributed by atoms with Crippen LogP contribution < -0.4 is 5.73 Å². The summed E-state index contributed by atoms with van der Waals surface area (Å²) in [5.74, 6) is -0.456. The molecule has 0 spiro atoms. The van der Waals surface area contributed by atoms with Crippen LogP contribution in [0.1, 0.15) is 27.5 Å². The molecular weight excluding hydrogens is 334 g/mol. The third-order valence-electron chi connectivity index (χ3n) is 4.45. The minimum atomic E-state index is -3.76. The van der Waals surface area contributed by atoms with Gasteiger partial charge in [-0.15, -0.1) is 0 Å². The number of rotatable bonds is 3. The van der Waals surface area contributed by atoms with Crippen molar-refractivity contribution >= 4 is 27.2 Å².